The molecule has 0 saturated heterocycles. The van der Waals surface area contributed by atoms with Crippen molar-refractivity contribution in [1.82, 2.24) is 0 Å². The first-order valence-electron chi connectivity index (χ1n) is 4.90. The monoisotopic (exact) mass is 188 g/mol. The van der Waals surface area contributed by atoms with Crippen LogP contribution in [0.1, 0.15) is 46.0 Å². The maximum atomic E-state index is 11.2. The molecule has 0 bridgehead atoms. The van der Waals surface area contributed by atoms with Gasteiger partial charge in [-0.05, 0) is 18.6 Å². The molecule has 0 heterocycles. The van der Waals surface area contributed by atoms with E-state index in [1.165, 1.54) is 19.3 Å². The van der Waals surface area contributed by atoms with Crippen molar-refractivity contribution < 1.29 is 4.79 Å². The van der Waals surface area contributed by atoms with Crippen LogP contribution in [0.15, 0.2) is 0 Å². The first kappa shape index (κ1) is 12.0. The van der Waals surface area contributed by atoms with Gasteiger partial charge in [0.25, 0.3) is 0 Å². The molecule has 0 aliphatic carbocycles. The van der Waals surface area contributed by atoms with Gasteiger partial charge >= 0.3 is 0 Å². The number of hydrogen-bond donors (Lipinski definition) is 0. The Balaban J connectivity index is 3.10. The van der Waals surface area contributed by atoms with E-state index in [9.17, 15) is 4.79 Å². The summed E-state index contributed by atoms with van der Waals surface area (Å²) < 4.78 is 0. The van der Waals surface area contributed by atoms with Crippen LogP contribution in [0.25, 0.3) is 0 Å². The van der Waals surface area contributed by atoms with E-state index in [2.05, 4.69) is 13.8 Å². The Morgan fingerprint density at radius 3 is 2.50 bits per heavy atom. The van der Waals surface area contributed by atoms with Crippen LogP contribution in [0, 0.1) is 0 Å². The number of carbonyl (C=O) groups is 1. The van der Waals surface area contributed by atoms with E-state index in [1.54, 1.807) is 11.8 Å². The lowest BCUT2D eigenvalue weighted by Crippen LogP contribution is -2.01. The fourth-order valence-corrected chi connectivity index (χ4v) is 1.78. The van der Waals surface area contributed by atoms with E-state index >= 15 is 0 Å². The summed E-state index contributed by atoms with van der Waals surface area (Å²) in [4.78, 5) is 11.2. The van der Waals surface area contributed by atoms with E-state index in [0.717, 1.165) is 24.3 Å². The molecule has 0 radical (unpaired) electrons. The van der Waals surface area contributed by atoms with Crippen molar-refractivity contribution in [3.63, 3.8) is 0 Å². The van der Waals surface area contributed by atoms with Gasteiger partial charge in [0, 0.05) is 6.42 Å². The van der Waals surface area contributed by atoms with E-state index in [1.807, 2.05) is 0 Å². The van der Waals surface area contributed by atoms with E-state index in [-0.39, 0.29) is 0 Å². The normalized spacial score (nSPS) is 10.2. The van der Waals surface area contributed by atoms with Crippen LogP contribution >= 0.6 is 11.8 Å². The minimum atomic E-state index is 0.432. The van der Waals surface area contributed by atoms with E-state index in [0.29, 0.717) is 5.78 Å². The molecule has 0 aliphatic rings. The lowest BCUT2D eigenvalue weighted by Gasteiger charge is -1.98. The van der Waals surface area contributed by atoms with Crippen LogP contribution in [0.5, 0.6) is 0 Å². The molecule has 0 amide bonds. The van der Waals surface area contributed by atoms with Crippen LogP contribution in [0.3, 0.4) is 0 Å². The Morgan fingerprint density at radius 2 is 1.92 bits per heavy atom. The number of thioether (sulfide) groups is 1. The van der Waals surface area contributed by atoms with Crippen LogP contribution < -0.4 is 0 Å². The quantitative estimate of drug-likeness (QED) is 0.544. The summed E-state index contributed by atoms with van der Waals surface area (Å²) in [5.74, 6) is 2.29. The number of rotatable bonds is 8. The minimum absolute atomic E-state index is 0.432. The predicted octanol–water partition coefficient (Wildman–Crippen LogP) is 3.28. The highest BCUT2D eigenvalue weighted by molar-refractivity contribution is 7.99. The van der Waals surface area contributed by atoms with Crippen molar-refractivity contribution in [2.75, 3.05) is 11.5 Å². The Kier molecular flexibility index (Phi) is 9.13. The molecular weight excluding hydrogens is 168 g/mol. The molecule has 72 valence electrons. The van der Waals surface area contributed by atoms with Crippen molar-refractivity contribution in [1.29, 1.82) is 0 Å². The second kappa shape index (κ2) is 9.11. The molecule has 0 unspecified atom stereocenters. The summed E-state index contributed by atoms with van der Waals surface area (Å²) in [5, 5.41) is 0. The van der Waals surface area contributed by atoms with Crippen molar-refractivity contribution in [2.45, 2.75) is 46.0 Å². The van der Waals surface area contributed by atoms with Gasteiger partial charge in [-0.1, -0.05) is 26.7 Å². The standard InChI is InChI=1S/C10H20OS/c1-3-5-6-7-10(11)9-12-8-4-2/h3-9H2,1-2H3. The summed E-state index contributed by atoms with van der Waals surface area (Å²) in [6, 6.07) is 0. The zero-order valence-corrected chi connectivity index (χ0v) is 9.08. The van der Waals surface area contributed by atoms with Crippen LogP contribution in [-0.2, 0) is 4.79 Å². The third kappa shape index (κ3) is 8.12. The highest BCUT2D eigenvalue weighted by Gasteiger charge is 2.00. The summed E-state index contributed by atoms with van der Waals surface area (Å²) in [6.45, 7) is 4.31. The van der Waals surface area contributed by atoms with Gasteiger partial charge in [0.05, 0.1) is 5.75 Å². The fourth-order valence-electron chi connectivity index (χ4n) is 0.975. The molecule has 0 aromatic heterocycles. The third-order valence-corrected chi connectivity index (χ3v) is 2.89. The topological polar surface area (TPSA) is 17.1 Å². The maximum Gasteiger partial charge on any atom is 0.142 e. The van der Waals surface area contributed by atoms with Crippen molar-refractivity contribution in [3.8, 4) is 0 Å². The lowest BCUT2D eigenvalue weighted by molar-refractivity contribution is -0.116. The van der Waals surface area contributed by atoms with Crippen molar-refractivity contribution in [2.24, 2.45) is 0 Å². The van der Waals surface area contributed by atoms with Gasteiger partial charge in [-0.15, -0.1) is 0 Å². The van der Waals surface area contributed by atoms with Crippen LogP contribution in [-0.4, -0.2) is 17.3 Å². The average Bonchev–Trinajstić information content (AvgIpc) is 2.06. The largest absolute Gasteiger partial charge is 0.299 e. The molecule has 0 spiro atoms. The van der Waals surface area contributed by atoms with Crippen molar-refractivity contribution >= 4 is 17.5 Å². The van der Waals surface area contributed by atoms with Gasteiger partial charge in [-0.3, -0.25) is 4.79 Å². The molecule has 0 saturated carbocycles. The molecule has 0 N–H and O–H groups in total. The maximum absolute atomic E-state index is 11.2. The second-order valence-electron chi connectivity index (χ2n) is 3.05. The smallest absolute Gasteiger partial charge is 0.142 e. The predicted molar refractivity (Wildman–Crippen MR) is 56.8 cm³/mol. The van der Waals surface area contributed by atoms with Gasteiger partial charge in [0.15, 0.2) is 0 Å². The number of Topliss-reactive ketones (excluding diaryl/α,β-unsaturated/α-hetero) is 1. The van der Waals surface area contributed by atoms with Crippen LogP contribution in [0.2, 0.25) is 0 Å². The van der Waals surface area contributed by atoms with E-state index < -0.39 is 0 Å². The molecule has 0 aliphatic heterocycles. The first-order chi connectivity index (χ1) is 5.81. The minimum Gasteiger partial charge on any atom is -0.299 e. The van der Waals surface area contributed by atoms with Gasteiger partial charge in [-0.25, -0.2) is 0 Å². The highest BCUT2D eigenvalue weighted by atomic mass is 32.2. The number of ketones is 1. The molecular formula is C10H20OS. The van der Waals surface area contributed by atoms with Gasteiger partial charge < -0.3 is 0 Å². The molecule has 12 heavy (non-hydrogen) atoms. The van der Waals surface area contributed by atoms with Gasteiger partial charge in [0.1, 0.15) is 5.78 Å². The molecule has 0 fully saturated rings. The SMILES string of the molecule is CCCCCC(=O)CSCCC. The molecule has 0 rings (SSSR count). The molecule has 1 nitrogen and oxygen atoms in total. The number of carbonyl (C=O) groups excluding carboxylic acids is 1. The van der Waals surface area contributed by atoms with Crippen LogP contribution in [0.4, 0.5) is 0 Å². The summed E-state index contributed by atoms with van der Waals surface area (Å²) in [7, 11) is 0. The number of hydrogen-bond acceptors (Lipinski definition) is 2. The van der Waals surface area contributed by atoms with Crippen molar-refractivity contribution in [3.05, 3.63) is 0 Å². The zero-order valence-electron chi connectivity index (χ0n) is 8.27. The zero-order chi connectivity index (χ0) is 9.23. The van der Waals surface area contributed by atoms with Gasteiger partial charge in [-0.2, -0.15) is 11.8 Å². The Bertz CT molecular complexity index is 100. The Morgan fingerprint density at radius 1 is 1.17 bits per heavy atom. The highest BCUT2D eigenvalue weighted by Crippen LogP contribution is 2.06. The Labute approximate surface area is 80.3 Å². The third-order valence-electron chi connectivity index (χ3n) is 1.67. The van der Waals surface area contributed by atoms with Gasteiger partial charge in [0.2, 0.25) is 0 Å². The Hall–Kier alpha value is 0.0200. The summed E-state index contributed by atoms with van der Waals surface area (Å²) >= 11 is 1.77. The summed E-state index contributed by atoms with van der Waals surface area (Å²) in [5.41, 5.74) is 0. The molecule has 0 aromatic carbocycles. The molecule has 0 aromatic rings. The van der Waals surface area contributed by atoms with E-state index in [4.69, 9.17) is 0 Å². The number of unbranched alkanes of at least 4 members (excludes halogenated alkanes) is 2. The molecule has 2 heteroatoms. The molecule has 0 atom stereocenters. The fraction of sp³-hybridized carbons (Fsp3) is 0.900. The average molecular weight is 188 g/mol. The summed E-state index contributed by atoms with van der Waals surface area (Å²) in [6.07, 6.45) is 5.46. The lowest BCUT2D eigenvalue weighted by atomic mass is 10.2. The first-order valence-corrected chi connectivity index (χ1v) is 6.06. The second-order valence-corrected chi connectivity index (χ2v) is 4.15.